The lowest BCUT2D eigenvalue weighted by Gasteiger charge is -2.45. The van der Waals surface area contributed by atoms with E-state index in [1.54, 1.807) is 0 Å². The Morgan fingerprint density at radius 3 is 2.50 bits per heavy atom. The van der Waals surface area contributed by atoms with Crippen molar-refractivity contribution in [1.29, 1.82) is 0 Å². The fourth-order valence-electron chi connectivity index (χ4n) is 4.13. The summed E-state index contributed by atoms with van der Waals surface area (Å²) >= 11 is 0. The van der Waals surface area contributed by atoms with Crippen LogP contribution in [0, 0.1) is 5.92 Å². The monoisotopic (exact) mass is 293 g/mol. The summed E-state index contributed by atoms with van der Waals surface area (Å²) in [7, 11) is 0. The van der Waals surface area contributed by atoms with Gasteiger partial charge in [-0.05, 0) is 43.5 Å². The first-order chi connectivity index (χ1) is 10.6. The predicted octanol–water partition coefficient (Wildman–Crippen LogP) is 4.53. The van der Waals surface area contributed by atoms with Gasteiger partial charge in [0, 0.05) is 23.8 Å². The fourth-order valence-corrected chi connectivity index (χ4v) is 4.13. The minimum atomic E-state index is 0.356. The van der Waals surface area contributed by atoms with Crippen LogP contribution in [-0.4, -0.2) is 17.2 Å². The number of nitrogens with zero attached hydrogens (tertiary/aromatic N) is 3. The van der Waals surface area contributed by atoms with Gasteiger partial charge in [-0.15, -0.1) is 0 Å². The van der Waals surface area contributed by atoms with Gasteiger partial charge in [-0.2, -0.15) is 0 Å². The van der Waals surface area contributed by atoms with Crippen LogP contribution in [-0.2, 0) is 0 Å². The Morgan fingerprint density at radius 1 is 1.00 bits per heavy atom. The molecule has 0 saturated carbocycles. The van der Waals surface area contributed by atoms with Gasteiger partial charge >= 0.3 is 0 Å². The highest BCUT2D eigenvalue weighted by Crippen LogP contribution is 2.53. The molecule has 1 aromatic carbocycles. The Balaban J connectivity index is 1.97. The van der Waals surface area contributed by atoms with Crippen molar-refractivity contribution in [2.45, 2.75) is 45.8 Å². The topological polar surface area (TPSA) is 19.4 Å². The maximum absolute atomic E-state index is 4.72. The highest BCUT2D eigenvalue weighted by molar-refractivity contribution is 5.83. The molecule has 22 heavy (non-hydrogen) atoms. The van der Waals surface area contributed by atoms with Crippen LogP contribution < -0.4 is 9.80 Å². The van der Waals surface area contributed by atoms with E-state index in [1.165, 1.54) is 16.9 Å². The molecular formula is C19H23N3. The molecule has 0 N–H and O–H groups in total. The van der Waals surface area contributed by atoms with Crippen LogP contribution in [0.1, 0.15) is 39.2 Å². The molecule has 3 unspecified atom stereocenters. The first-order valence-corrected chi connectivity index (χ1v) is 8.22. The molecule has 3 nitrogen and oxygen atoms in total. The Hall–Kier alpha value is -2.03. The van der Waals surface area contributed by atoms with Gasteiger partial charge in [0.05, 0.1) is 5.69 Å². The maximum Gasteiger partial charge on any atom is 0.158 e. The molecular weight excluding hydrogens is 270 g/mol. The molecule has 0 spiro atoms. The Kier molecular flexibility index (Phi) is 2.93. The quantitative estimate of drug-likeness (QED) is 0.770. The second-order valence-electron chi connectivity index (χ2n) is 6.84. The summed E-state index contributed by atoms with van der Waals surface area (Å²) in [5, 5.41) is 0. The van der Waals surface area contributed by atoms with Gasteiger partial charge in [-0.1, -0.05) is 32.0 Å². The highest BCUT2D eigenvalue weighted by atomic mass is 15.5. The van der Waals surface area contributed by atoms with Crippen molar-refractivity contribution in [3.63, 3.8) is 0 Å². The minimum absolute atomic E-state index is 0.356. The number of rotatable bonds is 1. The van der Waals surface area contributed by atoms with Gasteiger partial charge in [-0.25, -0.2) is 4.98 Å². The molecule has 0 amide bonds. The zero-order valence-electron chi connectivity index (χ0n) is 13.7. The summed E-state index contributed by atoms with van der Waals surface area (Å²) in [4.78, 5) is 9.71. The van der Waals surface area contributed by atoms with Crippen LogP contribution in [0.3, 0.4) is 0 Å². The molecule has 1 aromatic heterocycles. The molecule has 3 heteroatoms. The largest absolute Gasteiger partial charge is 0.345 e. The second kappa shape index (κ2) is 4.73. The van der Waals surface area contributed by atoms with E-state index in [1.807, 2.05) is 12.3 Å². The number of hydrogen-bond acceptors (Lipinski definition) is 3. The van der Waals surface area contributed by atoms with Crippen LogP contribution in [0.4, 0.5) is 17.2 Å². The Bertz CT molecular complexity index is 709. The first kappa shape index (κ1) is 13.6. The summed E-state index contributed by atoms with van der Waals surface area (Å²) in [6.07, 6.45) is 2.26. The molecule has 2 aromatic rings. The van der Waals surface area contributed by atoms with E-state index in [-0.39, 0.29) is 0 Å². The molecule has 0 fully saturated rings. The number of anilines is 3. The van der Waals surface area contributed by atoms with Crippen molar-refractivity contribution in [2.24, 2.45) is 5.92 Å². The van der Waals surface area contributed by atoms with E-state index in [0.717, 1.165) is 5.82 Å². The first-order valence-electron chi connectivity index (χ1n) is 8.22. The van der Waals surface area contributed by atoms with Crippen molar-refractivity contribution < 1.29 is 0 Å². The second-order valence-corrected chi connectivity index (χ2v) is 6.84. The van der Waals surface area contributed by atoms with Gasteiger partial charge in [0.15, 0.2) is 5.82 Å². The van der Waals surface area contributed by atoms with E-state index in [2.05, 4.69) is 67.8 Å². The fraction of sp³-hybridized carbons (Fsp3) is 0.421. The number of para-hydroxylation sites is 1. The zero-order valence-corrected chi connectivity index (χ0v) is 13.7. The summed E-state index contributed by atoms with van der Waals surface area (Å²) in [5.41, 5.74) is 4.02. The van der Waals surface area contributed by atoms with E-state index in [4.69, 9.17) is 4.98 Å². The molecule has 3 heterocycles. The smallest absolute Gasteiger partial charge is 0.158 e. The van der Waals surface area contributed by atoms with Crippen LogP contribution in [0.25, 0.3) is 0 Å². The standard InChI is InChI=1S/C19H23N3/c1-12(2)21-17-10-7-11-20-18(17)22-16-9-6-5-8-15(16)13(3)14(4)19(21)22/h5-14,19H,1-4H3. The molecule has 0 bridgehead atoms. The third-order valence-corrected chi connectivity index (χ3v) is 5.32. The Labute approximate surface area is 132 Å². The summed E-state index contributed by atoms with van der Waals surface area (Å²) < 4.78 is 0. The summed E-state index contributed by atoms with van der Waals surface area (Å²) in [6.45, 7) is 9.28. The molecule has 3 atom stereocenters. The Morgan fingerprint density at radius 2 is 1.73 bits per heavy atom. The number of pyridine rings is 1. The summed E-state index contributed by atoms with van der Waals surface area (Å²) in [6, 6.07) is 13.5. The van der Waals surface area contributed by atoms with Crippen molar-refractivity contribution >= 4 is 17.2 Å². The minimum Gasteiger partial charge on any atom is -0.345 e. The number of fused-ring (bicyclic) bond motifs is 5. The van der Waals surface area contributed by atoms with Gasteiger partial charge in [0.25, 0.3) is 0 Å². The zero-order chi connectivity index (χ0) is 15.4. The van der Waals surface area contributed by atoms with Crippen LogP contribution >= 0.6 is 0 Å². The van der Waals surface area contributed by atoms with Gasteiger partial charge in [-0.3, -0.25) is 0 Å². The predicted molar refractivity (Wildman–Crippen MR) is 91.8 cm³/mol. The molecule has 2 aliphatic rings. The molecule has 0 aliphatic carbocycles. The van der Waals surface area contributed by atoms with E-state index < -0.39 is 0 Å². The normalized spacial score (nSPS) is 26.0. The highest BCUT2D eigenvalue weighted by Gasteiger charge is 2.47. The average Bonchev–Trinajstić information content (AvgIpc) is 2.88. The third kappa shape index (κ3) is 1.65. The molecule has 0 saturated heterocycles. The SMILES string of the molecule is CC1c2ccccc2N2c3ncccc3N(C(C)C)C2C1C. The van der Waals surface area contributed by atoms with E-state index in [0.29, 0.717) is 24.0 Å². The van der Waals surface area contributed by atoms with Gasteiger partial charge < -0.3 is 9.80 Å². The van der Waals surface area contributed by atoms with Crippen molar-refractivity contribution in [1.82, 2.24) is 4.98 Å². The van der Waals surface area contributed by atoms with Crippen molar-refractivity contribution in [3.8, 4) is 0 Å². The molecule has 4 rings (SSSR count). The number of aromatic nitrogens is 1. The van der Waals surface area contributed by atoms with E-state index >= 15 is 0 Å². The van der Waals surface area contributed by atoms with Crippen molar-refractivity contribution in [3.05, 3.63) is 48.2 Å². The van der Waals surface area contributed by atoms with E-state index in [9.17, 15) is 0 Å². The average molecular weight is 293 g/mol. The maximum atomic E-state index is 4.72. The van der Waals surface area contributed by atoms with Crippen LogP contribution in [0.5, 0.6) is 0 Å². The van der Waals surface area contributed by atoms with Gasteiger partial charge in [0.2, 0.25) is 0 Å². The third-order valence-electron chi connectivity index (χ3n) is 5.32. The lowest BCUT2D eigenvalue weighted by Crippen LogP contribution is -2.52. The van der Waals surface area contributed by atoms with Crippen LogP contribution in [0.15, 0.2) is 42.6 Å². The lowest BCUT2D eigenvalue weighted by molar-refractivity contribution is 0.358. The summed E-state index contributed by atoms with van der Waals surface area (Å²) in [5.74, 6) is 2.20. The van der Waals surface area contributed by atoms with Gasteiger partial charge in [0.1, 0.15) is 6.17 Å². The number of hydrogen-bond donors (Lipinski definition) is 0. The number of benzene rings is 1. The van der Waals surface area contributed by atoms with Crippen molar-refractivity contribution in [2.75, 3.05) is 9.80 Å². The lowest BCUT2D eigenvalue weighted by atomic mass is 9.81. The molecule has 2 aliphatic heterocycles. The molecule has 0 radical (unpaired) electrons. The molecule has 114 valence electrons. The van der Waals surface area contributed by atoms with Crippen LogP contribution in [0.2, 0.25) is 0 Å².